The van der Waals surface area contributed by atoms with E-state index in [0.717, 1.165) is 66.1 Å². The Kier molecular flexibility index (Phi) is 11.7. The lowest BCUT2D eigenvalue weighted by Crippen LogP contribution is -2.34. The Bertz CT molecular complexity index is 927. The molecular weight excluding hydrogens is 466 g/mol. The van der Waals surface area contributed by atoms with Gasteiger partial charge in [-0.3, -0.25) is 9.52 Å². The Balaban J connectivity index is 0.00000187. The van der Waals surface area contributed by atoms with Crippen LogP contribution in [0, 0.1) is 5.82 Å². The third-order valence-corrected chi connectivity index (χ3v) is 6.73. The molecule has 5 nitrogen and oxygen atoms in total. The fraction of sp³-hybridized carbons (Fsp3) is 0.375. The van der Waals surface area contributed by atoms with Gasteiger partial charge in [0, 0.05) is 25.4 Å². The number of nitrogens with zero attached hydrogens (tertiary/aromatic N) is 1. The highest BCUT2D eigenvalue weighted by atomic mass is 32.2. The summed E-state index contributed by atoms with van der Waals surface area (Å²) in [5.74, 6) is 0.0447. The van der Waals surface area contributed by atoms with Gasteiger partial charge < -0.3 is 14.7 Å². The van der Waals surface area contributed by atoms with Crippen LogP contribution in [0.4, 0.5) is 20.2 Å². The molecule has 0 saturated carbocycles. The molecule has 9 heteroatoms. The topological polar surface area (TPSA) is 61.8 Å². The van der Waals surface area contributed by atoms with Crippen LogP contribution in [0.3, 0.4) is 0 Å². The lowest BCUT2D eigenvalue weighted by molar-refractivity contribution is -0.106. The Labute approximate surface area is 202 Å². The number of aliphatic hydroxyl groups is 1. The predicted octanol–water partition coefficient (Wildman–Crippen LogP) is 6.24. The Morgan fingerprint density at radius 2 is 2.03 bits per heavy atom. The minimum atomic E-state index is -0.972. The quantitative estimate of drug-likeness (QED) is 0.140. The first-order chi connectivity index (χ1) is 16.0. The molecule has 0 amide bonds. The van der Waals surface area contributed by atoms with Gasteiger partial charge in [0.15, 0.2) is 12.1 Å². The van der Waals surface area contributed by atoms with Crippen molar-refractivity contribution < 1.29 is 23.4 Å². The number of aliphatic hydroxyl groups excluding tert-OH is 1. The smallest absolute Gasteiger partial charge is 0.197 e. The largest absolute Gasteiger partial charge is 0.461 e. The first kappa shape index (κ1) is 27.2. The summed E-state index contributed by atoms with van der Waals surface area (Å²) in [6, 6.07) is 10.6. The molecule has 1 aliphatic rings. The molecule has 1 heterocycles. The lowest BCUT2D eigenvalue weighted by Gasteiger charge is -2.28. The monoisotopic (exact) mass is 496 g/mol. The number of fused-ring (bicyclic) bond motifs is 1. The summed E-state index contributed by atoms with van der Waals surface area (Å²) in [6.07, 6.45) is 4.16. The van der Waals surface area contributed by atoms with Crippen molar-refractivity contribution in [3.8, 4) is 5.75 Å². The van der Waals surface area contributed by atoms with Crippen LogP contribution in [0.1, 0.15) is 33.1 Å². The average molecular weight is 497 g/mol. The zero-order chi connectivity index (χ0) is 24.2. The minimum absolute atomic E-state index is 0.112. The Hall–Kier alpha value is -2.07. The average Bonchev–Trinajstić information content (AvgIpc) is 3.02. The first-order valence-electron chi connectivity index (χ1n) is 10.7. The van der Waals surface area contributed by atoms with Crippen LogP contribution in [0.25, 0.3) is 0 Å². The number of unbranched alkanes of at least 4 members (excludes halogenated alkanes) is 1. The molecule has 1 atom stereocenters. The van der Waals surface area contributed by atoms with Crippen LogP contribution < -0.4 is 14.4 Å². The van der Waals surface area contributed by atoms with Crippen molar-refractivity contribution >= 4 is 41.4 Å². The molecule has 0 aromatic heterocycles. The highest BCUT2D eigenvalue weighted by molar-refractivity contribution is 7.99. The number of carbonyl (C=O) groups is 1. The second-order valence-electron chi connectivity index (χ2n) is 7.08. The van der Waals surface area contributed by atoms with E-state index in [2.05, 4.69) is 16.5 Å². The number of benzene rings is 2. The minimum Gasteiger partial charge on any atom is -0.461 e. The van der Waals surface area contributed by atoms with Crippen molar-refractivity contribution in [2.45, 2.75) is 48.9 Å². The lowest BCUT2D eigenvalue weighted by atomic mass is 10.1. The van der Waals surface area contributed by atoms with Crippen LogP contribution >= 0.6 is 23.7 Å². The van der Waals surface area contributed by atoms with E-state index in [4.69, 9.17) is 9.84 Å². The second-order valence-corrected chi connectivity index (χ2v) is 9.27. The number of thioether (sulfide) groups is 1. The van der Waals surface area contributed by atoms with Gasteiger partial charge in [-0.1, -0.05) is 26.7 Å². The van der Waals surface area contributed by atoms with E-state index in [9.17, 15) is 13.6 Å². The van der Waals surface area contributed by atoms with Gasteiger partial charge in [0.1, 0.15) is 17.8 Å². The summed E-state index contributed by atoms with van der Waals surface area (Å²) in [6.45, 7) is 4.93. The van der Waals surface area contributed by atoms with Crippen molar-refractivity contribution in [2.24, 2.45) is 0 Å². The van der Waals surface area contributed by atoms with Crippen LogP contribution in [0.5, 0.6) is 5.75 Å². The van der Waals surface area contributed by atoms with E-state index in [1.165, 1.54) is 24.1 Å². The molecular formula is C24H30F2N2O3S2. The number of ether oxygens (including phenoxy) is 1. The maximum absolute atomic E-state index is 13.6. The van der Waals surface area contributed by atoms with Crippen molar-refractivity contribution in [1.29, 1.82) is 0 Å². The van der Waals surface area contributed by atoms with E-state index in [-0.39, 0.29) is 18.1 Å². The van der Waals surface area contributed by atoms with Crippen LogP contribution in [-0.2, 0) is 4.79 Å². The van der Waals surface area contributed by atoms with Crippen molar-refractivity contribution in [2.75, 3.05) is 24.3 Å². The molecule has 2 N–H and O–H groups in total. The number of rotatable bonds is 9. The third kappa shape index (κ3) is 7.74. The van der Waals surface area contributed by atoms with Gasteiger partial charge in [-0.2, -0.15) is 4.39 Å². The molecule has 0 spiro atoms. The number of hydrogen-bond donors (Lipinski definition) is 2. The fourth-order valence-electron chi connectivity index (χ4n) is 3.30. The number of aldehydes is 1. The van der Waals surface area contributed by atoms with Crippen LogP contribution in [0.15, 0.2) is 58.3 Å². The van der Waals surface area contributed by atoms with E-state index >= 15 is 0 Å². The van der Waals surface area contributed by atoms with Crippen molar-refractivity contribution in [3.63, 3.8) is 0 Å². The van der Waals surface area contributed by atoms with E-state index in [1.54, 1.807) is 23.9 Å². The van der Waals surface area contributed by atoms with E-state index < -0.39 is 5.83 Å². The number of nitrogens with one attached hydrogen (secondary N) is 1. The second kappa shape index (κ2) is 14.2. The van der Waals surface area contributed by atoms with Crippen LogP contribution in [0.2, 0.25) is 0 Å². The number of halogens is 2. The van der Waals surface area contributed by atoms with Gasteiger partial charge in [0.25, 0.3) is 0 Å². The first-order valence-corrected chi connectivity index (χ1v) is 12.5. The van der Waals surface area contributed by atoms with E-state index in [1.807, 2.05) is 19.1 Å². The SMILES string of the molecule is CCCCC1CN(c2ccc(F)cc2)c2cc(SCC)c(O/C=C(\F)C=O)cc2SN1.CO. The molecule has 180 valence electrons. The summed E-state index contributed by atoms with van der Waals surface area (Å²) in [4.78, 5) is 14.5. The number of carbonyl (C=O) groups excluding carboxylic acids is 1. The highest BCUT2D eigenvalue weighted by Gasteiger charge is 2.25. The maximum atomic E-state index is 13.6. The number of allylic oxidation sites excluding steroid dienone is 1. The number of anilines is 2. The molecule has 0 aliphatic carbocycles. The summed E-state index contributed by atoms with van der Waals surface area (Å²) in [5.41, 5.74) is 1.88. The summed E-state index contributed by atoms with van der Waals surface area (Å²) < 4.78 is 35.9. The zero-order valence-corrected chi connectivity index (χ0v) is 20.6. The number of hydrogen-bond acceptors (Lipinski definition) is 7. The molecule has 2 aromatic rings. The molecule has 33 heavy (non-hydrogen) atoms. The molecule has 0 saturated heterocycles. The molecule has 0 bridgehead atoms. The summed E-state index contributed by atoms with van der Waals surface area (Å²) in [7, 11) is 1.00. The Morgan fingerprint density at radius 3 is 2.67 bits per heavy atom. The summed E-state index contributed by atoms with van der Waals surface area (Å²) in [5, 5.41) is 7.00. The van der Waals surface area contributed by atoms with Gasteiger partial charge in [0.05, 0.1) is 15.5 Å². The van der Waals surface area contributed by atoms with E-state index in [0.29, 0.717) is 5.75 Å². The maximum Gasteiger partial charge on any atom is 0.197 e. The molecule has 2 aromatic carbocycles. The van der Waals surface area contributed by atoms with Gasteiger partial charge >= 0.3 is 0 Å². The van der Waals surface area contributed by atoms with Crippen molar-refractivity contribution in [3.05, 3.63) is 54.3 Å². The van der Waals surface area contributed by atoms with Gasteiger partial charge in [-0.05, 0) is 60.5 Å². The van der Waals surface area contributed by atoms with Crippen LogP contribution in [-0.4, -0.2) is 36.8 Å². The normalized spacial score (nSPS) is 15.8. The molecule has 1 aliphatic heterocycles. The highest BCUT2D eigenvalue weighted by Crippen LogP contribution is 2.44. The molecule has 0 radical (unpaired) electrons. The predicted molar refractivity (Wildman–Crippen MR) is 133 cm³/mol. The standard InChI is InChI=1S/C23H26F2N2O2S2.CH4O/c1-3-5-6-18-13-27(19-9-7-16(24)8-10-19)20-11-23(30-4-2)21(12-22(20)31-26-18)29-15-17(25)14-28;1-2/h7-12,14-15,18,26H,3-6,13H2,1-2H3;2H,1H3/b17-15-;. The van der Waals surface area contributed by atoms with Gasteiger partial charge in [0.2, 0.25) is 0 Å². The summed E-state index contributed by atoms with van der Waals surface area (Å²) >= 11 is 3.09. The molecule has 1 unspecified atom stereocenters. The zero-order valence-electron chi connectivity index (χ0n) is 19.0. The molecule has 3 rings (SSSR count). The third-order valence-electron chi connectivity index (χ3n) is 4.81. The van der Waals surface area contributed by atoms with Gasteiger partial charge in [-0.25, -0.2) is 4.39 Å². The fourth-order valence-corrected chi connectivity index (χ4v) is 4.98. The molecule has 0 fully saturated rings. The Morgan fingerprint density at radius 1 is 1.30 bits per heavy atom. The van der Waals surface area contributed by atoms with Gasteiger partial charge in [-0.15, -0.1) is 11.8 Å². The van der Waals surface area contributed by atoms with Crippen molar-refractivity contribution in [1.82, 2.24) is 4.72 Å².